The van der Waals surface area contributed by atoms with Gasteiger partial charge in [-0.25, -0.2) is 14.8 Å². The Morgan fingerprint density at radius 2 is 2.37 bits per heavy atom. The summed E-state index contributed by atoms with van der Waals surface area (Å²) < 4.78 is 3.83. The summed E-state index contributed by atoms with van der Waals surface area (Å²) in [5, 5.41) is 4.10. The first-order valence-electron chi connectivity index (χ1n) is 6.09. The zero-order chi connectivity index (χ0) is 13.2. The van der Waals surface area contributed by atoms with Crippen molar-refractivity contribution < 1.29 is 4.79 Å². The number of nitrogens with two attached hydrogens (primary N) is 1. The summed E-state index contributed by atoms with van der Waals surface area (Å²) in [7, 11) is 0. The van der Waals surface area contributed by atoms with Crippen LogP contribution in [0.1, 0.15) is 5.82 Å². The molecule has 0 fully saturated rings. The number of amides is 2. The smallest absolute Gasteiger partial charge is 0.315 e. The predicted molar refractivity (Wildman–Crippen MR) is 65.7 cm³/mol. The van der Waals surface area contributed by atoms with Crippen molar-refractivity contribution in [2.45, 2.75) is 19.6 Å². The molecular formula is C11H15N7O. The Bertz CT molecular complexity index is 561. The Kier molecular flexibility index (Phi) is 2.90. The molecule has 1 atom stereocenters. The fourth-order valence-electron chi connectivity index (χ4n) is 2.42. The molecule has 8 nitrogen and oxygen atoms in total. The van der Waals surface area contributed by atoms with Crippen LogP contribution < -0.4 is 5.73 Å². The second kappa shape index (κ2) is 4.71. The maximum Gasteiger partial charge on any atom is 0.315 e. The number of carbonyl (C=O) groups is 1. The normalized spacial score (nSPS) is 18.9. The molecule has 1 aliphatic rings. The van der Waals surface area contributed by atoms with E-state index in [2.05, 4.69) is 19.6 Å². The van der Waals surface area contributed by atoms with Crippen molar-refractivity contribution >= 4 is 6.03 Å². The summed E-state index contributed by atoms with van der Waals surface area (Å²) >= 11 is 0. The second-order valence-electron chi connectivity index (χ2n) is 4.70. The van der Waals surface area contributed by atoms with Gasteiger partial charge < -0.3 is 15.2 Å². The first kappa shape index (κ1) is 11.7. The zero-order valence-electron chi connectivity index (χ0n) is 10.4. The summed E-state index contributed by atoms with van der Waals surface area (Å²) in [5.41, 5.74) is 5.41. The highest BCUT2D eigenvalue weighted by atomic mass is 16.2. The van der Waals surface area contributed by atoms with Crippen LogP contribution in [0.25, 0.3) is 0 Å². The van der Waals surface area contributed by atoms with E-state index in [0.29, 0.717) is 19.6 Å². The lowest BCUT2D eigenvalue weighted by molar-refractivity contribution is 0.191. The molecule has 8 heteroatoms. The van der Waals surface area contributed by atoms with E-state index in [-0.39, 0.29) is 5.92 Å². The van der Waals surface area contributed by atoms with Crippen LogP contribution in [-0.2, 0) is 19.6 Å². The van der Waals surface area contributed by atoms with Gasteiger partial charge in [0.25, 0.3) is 0 Å². The van der Waals surface area contributed by atoms with E-state index in [4.69, 9.17) is 5.73 Å². The van der Waals surface area contributed by atoms with E-state index in [1.54, 1.807) is 22.1 Å². The lowest BCUT2D eigenvalue weighted by Gasteiger charge is -2.21. The third-order valence-corrected chi connectivity index (χ3v) is 3.29. The molecule has 0 spiro atoms. The van der Waals surface area contributed by atoms with Crippen molar-refractivity contribution in [3.05, 3.63) is 30.9 Å². The van der Waals surface area contributed by atoms with Gasteiger partial charge in [-0.2, -0.15) is 5.10 Å². The van der Waals surface area contributed by atoms with Crippen molar-refractivity contribution in [1.82, 2.24) is 29.2 Å². The molecule has 100 valence electrons. The largest absolute Gasteiger partial charge is 0.351 e. The topological polar surface area (TPSA) is 94.9 Å². The maximum atomic E-state index is 11.5. The predicted octanol–water partition coefficient (Wildman–Crippen LogP) is -0.315. The molecule has 2 aromatic rings. The molecule has 1 aliphatic heterocycles. The van der Waals surface area contributed by atoms with Gasteiger partial charge in [-0.15, -0.1) is 0 Å². The van der Waals surface area contributed by atoms with Crippen LogP contribution in [-0.4, -0.2) is 41.8 Å². The van der Waals surface area contributed by atoms with Crippen molar-refractivity contribution in [3.63, 3.8) is 0 Å². The van der Waals surface area contributed by atoms with Gasteiger partial charge in [0.1, 0.15) is 18.5 Å². The highest BCUT2D eigenvalue weighted by Crippen LogP contribution is 2.16. The number of hydrogen-bond acceptors (Lipinski definition) is 4. The fourth-order valence-corrected chi connectivity index (χ4v) is 2.42. The maximum absolute atomic E-state index is 11.5. The van der Waals surface area contributed by atoms with Gasteiger partial charge in [-0.05, 0) is 0 Å². The number of fused-ring (bicyclic) bond motifs is 1. The molecule has 0 bridgehead atoms. The van der Waals surface area contributed by atoms with E-state index >= 15 is 0 Å². The SMILES string of the molecule is NC(=O)N1Cc2nccn2CC(Cn2cncn2)C1. The molecule has 0 saturated carbocycles. The second-order valence-corrected chi connectivity index (χ2v) is 4.70. The fraction of sp³-hybridized carbons (Fsp3) is 0.455. The third kappa shape index (κ3) is 2.42. The Morgan fingerprint density at radius 3 is 3.11 bits per heavy atom. The molecule has 2 N–H and O–H groups in total. The zero-order valence-corrected chi connectivity index (χ0v) is 10.4. The molecule has 2 aromatic heterocycles. The molecule has 0 aliphatic carbocycles. The first-order chi connectivity index (χ1) is 9.22. The van der Waals surface area contributed by atoms with E-state index < -0.39 is 6.03 Å². The van der Waals surface area contributed by atoms with Crippen LogP contribution in [0.15, 0.2) is 25.0 Å². The van der Waals surface area contributed by atoms with Crippen LogP contribution in [0.5, 0.6) is 0 Å². The lowest BCUT2D eigenvalue weighted by Crippen LogP contribution is -2.38. The Morgan fingerprint density at radius 1 is 1.47 bits per heavy atom. The highest BCUT2D eigenvalue weighted by Gasteiger charge is 2.24. The van der Waals surface area contributed by atoms with Gasteiger partial charge >= 0.3 is 6.03 Å². The average Bonchev–Trinajstić information content (AvgIpc) is 2.98. The summed E-state index contributed by atoms with van der Waals surface area (Å²) in [5.74, 6) is 1.09. The van der Waals surface area contributed by atoms with E-state index in [0.717, 1.165) is 12.4 Å². The molecule has 0 aromatic carbocycles. The Balaban J connectivity index is 1.82. The number of rotatable bonds is 2. The van der Waals surface area contributed by atoms with Crippen LogP contribution in [0.2, 0.25) is 0 Å². The van der Waals surface area contributed by atoms with Gasteiger partial charge in [0, 0.05) is 37.9 Å². The van der Waals surface area contributed by atoms with Crippen LogP contribution >= 0.6 is 0 Å². The summed E-state index contributed by atoms with van der Waals surface area (Å²) in [6.07, 6.45) is 6.85. The standard InChI is InChI=1S/C11H15N7O/c12-11(19)17-4-9(5-18-8-13-7-15-18)3-16-2-1-14-10(16)6-17/h1-2,7-9H,3-6H2,(H2,12,19). The van der Waals surface area contributed by atoms with E-state index in [1.807, 2.05) is 6.20 Å². The van der Waals surface area contributed by atoms with Crippen LogP contribution in [0.4, 0.5) is 4.79 Å². The molecule has 0 saturated heterocycles. The lowest BCUT2D eigenvalue weighted by atomic mass is 10.1. The van der Waals surface area contributed by atoms with E-state index in [9.17, 15) is 4.79 Å². The van der Waals surface area contributed by atoms with Crippen molar-refractivity contribution in [2.75, 3.05) is 6.54 Å². The average molecular weight is 261 g/mol. The van der Waals surface area contributed by atoms with Gasteiger partial charge in [0.2, 0.25) is 0 Å². The minimum absolute atomic E-state index is 0.227. The minimum Gasteiger partial charge on any atom is -0.351 e. The molecule has 3 rings (SSSR count). The Labute approximate surface area is 109 Å². The number of hydrogen-bond donors (Lipinski definition) is 1. The quantitative estimate of drug-likeness (QED) is 0.801. The number of aromatic nitrogens is 5. The molecular weight excluding hydrogens is 246 g/mol. The number of imidazole rings is 1. The molecule has 0 radical (unpaired) electrons. The highest BCUT2D eigenvalue weighted by molar-refractivity contribution is 5.71. The van der Waals surface area contributed by atoms with E-state index in [1.165, 1.54) is 6.33 Å². The van der Waals surface area contributed by atoms with Crippen LogP contribution in [0, 0.1) is 5.92 Å². The first-order valence-corrected chi connectivity index (χ1v) is 6.09. The minimum atomic E-state index is -0.417. The Hall–Kier alpha value is -2.38. The monoisotopic (exact) mass is 261 g/mol. The van der Waals surface area contributed by atoms with Crippen LogP contribution in [0.3, 0.4) is 0 Å². The van der Waals surface area contributed by atoms with Crippen molar-refractivity contribution in [2.24, 2.45) is 11.7 Å². The molecule has 2 amide bonds. The van der Waals surface area contributed by atoms with Crippen molar-refractivity contribution in [3.8, 4) is 0 Å². The summed E-state index contributed by atoms with van der Waals surface area (Å²) in [6.45, 7) is 2.54. The number of urea groups is 1. The summed E-state index contributed by atoms with van der Waals surface area (Å²) in [4.78, 5) is 21.3. The number of nitrogens with zero attached hydrogens (tertiary/aromatic N) is 6. The van der Waals surface area contributed by atoms with Crippen molar-refractivity contribution in [1.29, 1.82) is 0 Å². The number of carbonyl (C=O) groups excluding carboxylic acids is 1. The molecule has 3 heterocycles. The van der Waals surface area contributed by atoms with Gasteiger partial charge in [-0.3, -0.25) is 4.68 Å². The molecule has 19 heavy (non-hydrogen) atoms. The summed E-state index contributed by atoms with van der Waals surface area (Å²) in [6, 6.07) is -0.417. The van der Waals surface area contributed by atoms with Gasteiger partial charge in [0.05, 0.1) is 6.54 Å². The third-order valence-electron chi connectivity index (χ3n) is 3.29. The van der Waals surface area contributed by atoms with Gasteiger partial charge in [0.15, 0.2) is 0 Å². The van der Waals surface area contributed by atoms with Gasteiger partial charge in [-0.1, -0.05) is 0 Å². The molecule has 1 unspecified atom stereocenters. The number of primary amides is 1.